The van der Waals surface area contributed by atoms with Crippen molar-refractivity contribution in [2.75, 3.05) is 6.54 Å². The van der Waals surface area contributed by atoms with Crippen molar-refractivity contribution in [2.24, 2.45) is 0 Å². The van der Waals surface area contributed by atoms with E-state index in [1.54, 1.807) is 0 Å². The molecule has 0 fully saturated rings. The molecule has 57 valence electrons. The third kappa shape index (κ3) is 2.14. The van der Waals surface area contributed by atoms with Gasteiger partial charge in [0.15, 0.2) is 0 Å². The number of halogens is 3. The van der Waals surface area contributed by atoms with Gasteiger partial charge in [-0.3, -0.25) is 5.43 Å². The monoisotopic (exact) mass is 153 g/mol. The fourth-order valence-electron chi connectivity index (χ4n) is 0.487. The molecule has 0 saturated heterocycles. The summed E-state index contributed by atoms with van der Waals surface area (Å²) in [5, 5.41) is 0. The molecule has 0 unspecified atom stereocenters. The van der Waals surface area contributed by atoms with Crippen LogP contribution in [-0.4, -0.2) is 12.9 Å². The van der Waals surface area contributed by atoms with E-state index in [0.29, 0.717) is 0 Å². The van der Waals surface area contributed by atoms with E-state index in [2.05, 4.69) is 15.6 Å². The first-order valence-electron chi connectivity index (χ1n) is 2.46. The van der Waals surface area contributed by atoms with Crippen molar-refractivity contribution in [3.05, 3.63) is 12.0 Å². The molecule has 0 spiro atoms. The van der Waals surface area contributed by atoms with Gasteiger partial charge in [0.2, 0.25) is 5.88 Å². The first kappa shape index (κ1) is 7.20. The maximum absolute atomic E-state index is 11.4. The minimum Gasteiger partial charge on any atom is -0.389 e. The van der Waals surface area contributed by atoms with E-state index in [-0.39, 0.29) is 12.4 Å². The quantitative estimate of drug-likeness (QED) is 0.594. The minimum absolute atomic E-state index is 0.214. The van der Waals surface area contributed by atoms with E-state index in [0.717, 1.165) is 0 Å². The van der Waals surface area contributed by atoms with Crippen molar-refractivity contribution >= 4 is 0 Å². The van der Waals surface area contributed by atoms with Gasteiger partial charge in [-0.25, -0.2) is 0 Å². The van der Waals surface area contributed by atoms with Crippen LogP contribution in [0.4, 0.5) is 13.2 Å². The van der Waals surface area contributed by atoms with Crippen LogP contribution in [0.2, 0.25) is 0 Å². The minimum atomic E-state index is -4.63. The van der Waals surface area contributed by atoms with Crippen LogP contribution in [0.15, 0.2) is 12.0 Å². The van der Waals surface area contributed by atoms with Crippen molar-refractivity contribution in [1.82, 2.24) is 10.9 Å². The second kappa shape index (κ2) is 2.37. The van der Waals surface area contributed by atoms with Crippen LogP contribution in [0.5, 0.6) is 0 Å². The summed E-state index contributed by atoms with van der Waals surface area (Å²) in [6.45, 7) is 0.214. The standard InChI is InChI=1S/C4H4F3N2O/c5-4(6,7)10-3-1-2-8-9-3/h1,9H,2H2. The predicted octanol–water partition coefficient (Wildman–Crippen LogP) is 0.487. The molecule has 0 amide bonds. The van der Waals surface area contributed by atoms with Crippen LogP contribution in [-0.2, 0) is 4.74 Å². The molecule has 1 aliphatic rings. The number of rotatable bonds is 1. The van der Waals surface area contributed by atoms with Gasteiger partial charge < -0.3 is 4.74 Å². The average Bonchev–Trinajstić information content (AvgIpc) is 2.12. The number of nitrogens with one attached hydrogen (secondary N) is 1. The number of ether oxygens (including phenoxy) is 1. The highest BCUT2D eigenvalue weighted by Crippen LogP contribution is 2.19. The summed E-state index contributed by atoms with van der Waals surface area (Å²) in [7, 11) is 0. The molecule has 1 aliphatic heterocycles. The Labute approximate surface area is 54.8 Å². The van der Waals surface area contributed by atoms with Crippen LogP contribution in [0, 0.1) is 0 Å². The van der Waals surface area contributed by atoms with Crippen LogP contribution in [0.3, 0.4) is 0 Å². The van der Waals surface area contributed by atoms with E-state index in [1.807, 2.05) is 0 Å². The Kier molecular flexibility index (Phi) is 1.71. The highest BCUT2D eigenvalue weighted by molar-refractivity contribution is 4.96. The zero-order chi connectivity index (χ0) is 7.61. The normalized spacial score (nSPS) is 18.1. The molecule has 0 atom stereocenters. The SMILES string of the molecule is FC(F)(F)OC1=CC[N]N1. The lowest BCUT2D eigenvalue weighted by atomic mass is 10.6. The highest BCUT2D eigenvalue weighted by Gasteiger charge is 2.32. The number of hydrogen-bond donors (Lipinski definition) is 1. The lowest BCUT2D eigenvalue weighted by Crippen LogP contribution is -2.22. The lowest BCUT2D eigenvalue weighted by molar-refractivity contribution is -0.307. The summed E-state index contributed by atoms with van der Waals surface area (Å²) < 4.78 is 37.5. The van der Waals surface area contributed by atoms with Gasteiger partial charge in [0.1, 0.15) is 0 Å². The van der Waals surface area contributed by atoms with Gasteiger partial charge in [-0.1, -0.05) is 0 Å². The van der Waals surface area contributed by atoms with E-state index in [4.69, 9.17) is 0 Å². The summed E-state index contributed by atoms with van der Waals surface area (Å²) in [5.74, 6) is -0.354. The Morgan fingerprint density at radius 2 is 2.30 bits per heavy atom. The molecule has 0 aromatic rings. The zero-order valence-electron chi connectivity index (χ0n) is 4.77. The summed E-state index contributed by atoms with van der Waals surface area (Å²) in [5.41, 5.74) is 5.44. The van der Waals surface area contributed by atoms with Crippen LogP contribution in [0.1, 0.15) is 0 Å². The van der Waals surface area contributed by atoms with E-state index < -0.39 is 6.36 Å². The molecule has 1 N–H and O–H groups in total. The lowest BCUT2D eigenvalue weighted by Gasteiger charge is -2.08. The van der Waals surface area contributed by atoms with E-state index >= 15 is 0 Å². The predicted molar refractivity (Wildman–Crippen MR) is 25.4 cm³/mol. The van der Waals surface area contributed by atoms with Gasteiger partial charge in [0.25, 0.3) is 0 Å². The van der Waals surface area contributed by atoms with Gasteiger partial charge in [-0.2, -0.15) is 0 Å². The number of nitrogens with zero attached hydrogens (tertiary/aromatic N) is 1. The molecular weight excluding hydrogens is 149 g/mol. The summed E-state index contributed by atoms with van der Waals surface area (Å²) in [6.07, 6.45) is -3.42. The van der Waals surface area contributed by atoms with Crippen molar-refractivity contribution in [3.63, 3.8) is 0 Å². The first-order chi connectivity index (χ1) is 4.58. The molecule has 6 heteroatoms. The molecule has 3 nitrogen and oxygen atoms in total. The Balaban J connectivity index is 2.38. The highest BCUT2D eigenvalue weighted by atomic mass is 19.4. The molecular formula is C4H4F3N2O. The van der Waals surface area contributed by atoms with Gasteiger partial charge >= 0.3 is 6.36 Å². The largest absolute Gasteiger partial charge is 0.574 e. The van der Waals surface area contributed by atoms with Crippen molar-refractivity contribution in [1.29, 1.82) is 0 Å². The van der Waals surface area contributed by atoms with Crippen LogP contribution >= 0.6 is 0 Å². The summed E-state index contributed by atoms with van der Waals surface area (Å²) in [6, 6.07) is 0. The first-order valence-corrected chi connectivity index (χ1v) is 2.46. The van der Waals surface area contributed by atoms with Crippen LogP contribution in [0.25, 0.3) is 0 Å². The fourth-order valence-corrected chi connectivity index (χ4v) is 0.487. The molecule has 1 rings (SSSR count). The molecule has 10 heavy (non-hydrogen) atoms. The molecule has 0 aromatic carbocycles. The Morgan fingerprint density at radius 3 is 2.70 bits per heavy atom. The Bertz CT molecular complexity index is 153. The van der Waals surface area contributed by atoms with Crippen molar-refractivity contribution < 1.29 is 17.9 Å². The molecule has 0 aromatic heterocycles. The molecule has 0 bridgehead atoms. The smallest absolute Gasteiger partial charge is 0.389 e. The Hall–Kier alpha value is -0.910. The third-order valence-electron chi connectivity index (χ3n) is 0.783. The summed E-state index contributed by atoms with van der Waals surface area (Å²) >= 11 is 0. The van der Waals surface area contributed by atoms with E-state index in [9.17, 15) is 13.2 Å². The van der Waals surface area contributed by atoms with Crippen molar-refractivity contribution in [3.8, 4) is 0 Å². The topological polar surface area (TPSA) is 35.4 Å². The van der Waals surface area contributed by atoms with E-state index in [1.165, 1.54) is 6.08 Å². The fraction of sp³-hybridized carbons (Fsp3) is 0.500. The maximum Gasteiger partial charge on any atom is 0.574 e. The second-order valence-corrected chi connectivity index (χ2v) is 1.57. The van der Waals surface area contributed by atoms with Gasteiger partial charge in [0, 0.05) is 0 Å². The average molecular weight is 153 g/mol. The van der Waals surface area contributed by atoms with Crippen molar-refractivity contribution in [2.45, 2.75) is 6.36 Å². The second-order valence-electron chi connectivity index (χ2n) is 1.57. The van der Waals surface area contributed by atoms with Gasteiger partial charge in [-0.05, 0) is 6.08 Å². The molecule has 0 aliphatic carbocycles. The number of alkyl halides is 3. The zero-order valence-corrected chi connectivity index (χ0v) is 4.77. The molecule has 0 saturated carbocycles. The summed E-state index contributed by atoms with van der Waals surface area (Å²) in [4.78, 5) is 0. The third-order valence-corrected chi connectivity index (χ3v) is 0.783. The van der Waals surface area contributed by atoms with Gasteiger partial charge in [-0.15, -0.1) is 18.6 Å². The van der Waals surface area contributed by atoms with Crippen LogP contribution < -0.4 is 10.9 Å². The van der Waals surface area contributed by atoms with Gasteiger partial charge in [0.05, 0.1) is 6.54 Å². The molecule has 1 heterocycles. The maximum atomic E-state index is 11.4. The number of hydrogen-bond acceptors (Lipinski definition) is 2. The Morgan fingerprint density at radius 1 is 1.60 bits per heavy atom. The molecule has 1 radical (unpaired) electrons.